The van der Waals surface area contributed by atoms with Gasteiger partial charge in [-0.1, -0.05) is 33.1 Å². The Labute approximate surface area is 169 Å². The molecule has 0 N–H and O–H groups in total. The van der Waals surface area contributed by atoms with Gasteiger partial charge < -0.3 is 19.0 Å². The van der Waals surface area contributed by atoms with Gasteiger partial charge in [0.15, 0.2) is 0 Å². The van der Waals surface area contributed by atoms with Crippen LogP contribution in [0.2, 0.25) is 0 Å². The van der Waals surface area contributed by atoms with Gasteiger partial charge in [-0.15, -0.1) is 0 Å². The fourth-order valence-electron chi connectivity index (χ4n) is 3.47. The summed E-state index contributed by atoms with van der Waals surface area (Å²) < 4.78 is 11.2. The first-order valence-corrected chi connectivity index (χ1v) is 10.8. The molecule has 1 aromatic heterocycles. The number of carbonyl (C=O) groups is 2. The van der Waals surface area contributed by atoms with E-state index in [9.17, 15) is 9.59 Å². The Balaban J connectivity index is 1.99. The number of carbonyl (C=O) groups excluding carboxylic acids is 2. The van der Waals surface area contributed by atoms with E-state index in [1.807, 2.05) is 12.1 Å². The third-order valence-corrected chi connectivity index (χ3v) is 5.18. The molecule has 0 saturated carbocycles. The van der Waals surface area contributed by atoms with Crippen LogP contribution >= 0.6 is 0 Å². The van der Waals surface area contributed by atoms with Crippen LogP contribution in [0.4, 0.5) is 0 Å². The van der Waals surface area contributed by atoms with Crippen molar-refractivity contribution in [2.45, 2.75) is 77.9 Å². The summed E-state index contributed by atoms with van der Waals surface area (Å²) in [5, 5.41) is 0. The molecule has 0 spiro atoms. The number of ether oxygens (including phenoxy) is 1. The maximum Gasteiger partial charge on any atom is 0.242 e. The number of nitrogens with zero attached hydrogens (tertiary/aromatic N) is 2. The van der Waals surface area contributed by atoms with Gasteiger partial charge in [-0.05, 0) is 37.8 Å². The summed E-state index contributed by atoms with van der Waals surface area (Å²) in [5.74, 6) is 0.804. The van der Waals surface area contributed by atoms with Gasteiger partial charge in [-0.2, -0.15) is 0 Å². The third kappa shape index (κ3) is 7.66. The summed E-state index contributed by atoms with van der Waals surface area (Å²) in [7, 11) is 0. The summed E-state index contributed by atoms with van der Waals surface area (Å²) in [4.78, 5) is 29.3. The zero-order valence-corrected chi connectivity index (χ0v) is 17.5. The van der Waals surface area contributed by atoms with E-state index in [-0.39, 0.29) is 24.5 Å². The Morgan fingerprint density at radius 1 is 1.11 bits per heavy atom. The fraction of sp³-hybridized carbons (Fsp3) is 0.727. The van der Waals surface area contributed by atoms with Crippen LogP contribution in [0.3, 0.4) is 0 Å². The Kier molecular flexibility index (Phi) is 10.1. The molecule has 1 atom stereocenters. The smallest absolute Gasteiger partial charge is 0.242 e. The normalized spacial score (nSPS) is 16.3. The predicted octanol–water partition coefficient (Wildman–Crippen LogP) is 4.00. The lowest BCUT2D eigenvalue weighted by Crippen LogP contribution is -2.45. The number of hydrogen-bond donors (Lipinski definition) is 0. The van der Waals surface area contributed by atoms with E-state index in [0.29, 0.717) is 26.1 Å². The molecule has 0 bridgehead atoms. The maximum atomic E-state index is 13.1. The second-order valence-electron chi connectivity index (χ2n) is 7.61. The molecule has 1 aliphatic rings. The van der Waals surface area contributed by atoms with Crippen molar-refractivity contribution in [2.75, 3.05) is 26.2 Å². The van der Waals surface area contributed by atoms with Crippen molar-refractivity contribution in [2.24, 2.45) is 0 Å². The molecular formula is C22H36N2O4. The van der Waals surface area contributed by atoms with Crippen LogP contribution in [-0.4, -0.2) is 54.0 Å². The Hall–Kier alpha value is -1.82. The largest absolute Gasteiger partial charge is 0.467 e. The summed E-state index contributed by atoms with van der Waals surface area (Å²) in [6.07, 6.45) is 9.15. The molecular weight excluding hydrogens is 356 g/mol. The van der Waals surface area contributed by atoms with Crippen LogP contribution in [0.1, 0.15) is 71.0 Å². The average molecular weight is 393 g/mol. The molecule has 2 heterocycles. The molecule has 0 aliphatic carbocycles. The molecule has 1 aliphatic heterocycles. The monoisotopic (exact) mass is 392 g/mol. The minimum absolute atomic E-state index is 0.0353. The Bertz CT molecular complexity index is 567. The predicted molar refractivity (Wildman–Crippen MR) is 109 cm³/mol. The lowest BCUT2D eigenvalue weighted by Gasteiger charge is -2.29. The molecule has 1 saturated heterocycles. The molecule has 0 aromatic carbocycles. The third-order valence-electron chi connectivity index (χ3n) is 5.18. The molecule has 2 amide bonds. The van der Waals surface area contributed by atoms with Gasteiger partial charge in [0.25, 0.3) is 0 Å². The van der Waals surface area contributed by atoms with Crippen molar-refractivity contribution in [1.82, 2.24) is 9.80 Å². The summed E-state index contributed by atoms with van der Waals surface area (Å²) >= 11 is 0. The topological polar surface area (TPSA) is 63.0 Å². The molecule has 6 nitrogen and oxygen atoms in total. The van der Waals surface area contributed by atoms with Crippen molar-refractivity contribution in [3.8, 4) is 0 Å². The van der Waals surface area contributed by atoms with Crippen LogP contribution < -0.4 is 0 Å². The highest BCUT2D eigenvalue weighted by Gasteiger charge is 2.26. The summed E-state index contributed by atoms with van der Waals surface area (Å²) in [6, 6.07) is 3.70. The van der Waals surface area contributed by atoms with Gasteiger partial charge in [0.05, 0.1) is 25.5 Å². The highest BCUT2D eigenvalue weighted by molar-refractivity contribution is 5.84. The molecule has 0 radical (unpaired) electrons. The van der Waals surface area contributed by atoms with Crippen LogP contribution in [0, 0.1) is 0 Å². The van der Waals surface area contributed by atoms with Crippen LogP contribution in [0.15, 0.2) is 22.8 Å². The van der Waals surface area contributed by atoms with Crippen molar-refractivity contribution in [3.05, 3.63) is 24.2 Å². The standard InChI is InChI=1S/C22H36N2O4/c1-3-5-7-12-21(25)23(13-6-4-2)18-22(26)24(16-19-10-8-14-27-19)17-20-11-9-15-28-20/h8,10,14,20H,3-7,9,11-13,15-18H2,1-2H3/t20-/m0/s1. The van der Waals surface area contributed by atoms with E-state index in [2.05, 4.69) is 13.8 Å². The first kappa shape index (κ1) is 22.5. The van der Waals surface area contributed by atoms with Crippen LogP contribution in [0.25, 0.3) is 0 Å². The number of unbranched alkanes of at least 4 members (excludes halogenated alkanes) is 3. The van der Waals surface area contributed by atoms with Crippen LogP contribution in [-0.2, 0) is 20.9 Å². The minimum Gasteiger partial charge on any atom is -0.467 e. The average Bonchev–Trinajstić information content (AvgIpc) is 3.38. The van der Waals surface area contributed by atoms with Crippen molar-refractivity contribution < 1.29 is 18.7 Å². The van der Waals surface area contributed by atoms with E-state index >= 15 is 0 Å². The van der Waals surface area contributed by atoms with E-state index < -0.39 is 0 Å². The van der Waals surface area contributed by atoms with Crippen molar-refractivity contribution in [3.63, 3.8) is 0 Å². The lowest BCUT2D eigenvalue weighted by atomic mass is 10.1. The number of hydrogen-bond acceptors (Lipinski definition) is 4. The zero-order valence-electron chi connectivity index (χ0n) is 17.5. The summed E-state index contributed by atoms with van der Waals surface area (Å²) in [5.41, 5.74) is 0. The van der Waals surface area contributed by atoms with E-state index in [4.69, 9.17) is 9.15 Å². The lowest BCUT2D eigenvalue weighted by molar-refractivity contribution is -0.142. The first-order chi connectivity index (χ1) is 13.6. The Morgan fingerprint density at radius 2 is 1.93 bits per heavy atom. The van der Waals surface area contributed by atoms with Gasteiger partial charge >= 0.3 is 0 Å². The second kappa shape index (κ2) is 12.6. The molecule has 2 rings (SSSR count). The van der Waals surface area contributed by atoms with Crippen LogP contribution in [0.5, 0.6) is 0 Å². The molecule has 0 unspecified atom stereocenters. The number of rotatable bonds is 13. The quantitative estimate of drug-likeness (QED) is 0.476. The van der Waals surface area contributed by atoms with Crippen molar-refractivity contribution >= 4 is 11.8 Å². The molecule has 28 heavy (non-hydrogen) atoms. The Morgan fingerprint density at radius 3 is 2.57 bits per heavy atom. The summed E-state index contributed by atoms with van der Waals surface area (Å²) in [6.45, 7) is 6.72. The molecule has 1 aromatic rings. The van der Waals surface area contributed by atoms with E-state index in [1.165, 1.54) is 0 Å². The zero-order chi connectivity index (χ0) is 20.2. The molecule has 1 fully saturated rings. The molecule has 158 valence electrons. The van der Waals surface area contributed by atoms with Gasteiger partial charge in [0.2, 0.25) is 11.8 Å². The highest BCUT2D eigenvalue weighted by Crippen LogP contribution is 2.16. The fourth-order valence-corrected chi connectivity index (χ4v) is 3.47. The first-order valence-electron chi connectivity index (χ1n) is 10.8. The van der Waals surface area contributed by atoms with Gasteiger partial charge in [-0.25, -0.2) is 0 Å². The van der Waals surface area contributed by atoms with Gasteiger partial charge in [0, 0.05) is 26.1 Å². The van der Waals surface area contributed by atoms with Gasteiger partial charge in [-0.3, -0.25) is 9.59 Å². The minimum atomic E-state index is -0.0353. The second-order valence-corrected chi connectivity index (χ2v) is 7.61. The molecule has 6 heteroatoms. The van der Waals surface area contributed by atoms with E-state index in [0.717, 1.165) is 57.3 Å². The van der Waals surface area contributed by atoms with E-state index in [1.54, 1.807) is 16.1 Å². The number of amides is 2. The van der Waals surface area contributed by atoms with Crippen molar-refractivity contribution in [1.29, 1.82) is 0 Å². The van der Waals surface area contributed by atoms with Gasteiger partial charge in [0.1, 0.15) is 5.76 Å². The maximum absolute atomic E-state index is 13.1. The SMILES string of the molecule is CCCCCC(=O)N(CCCC)CC(=O)N(Cc1ccco1)C[C@@H]1CCCO1. The number of furan rings is 1. The highest BCUT2D eigenvalue weighted by atomic mass is 16.5.